The Bertz CT molecular complexity index is 2270. The van der Waals surface area contributed by atoms with Crippen molar-refractivity contribution in [3.05, 3.63) is 78.4 Å². The molecule has 0 spiro atoms. The number of azo groups is 1. The van der Waals surface area contributed by atoms with Gasteiger partial charge in [-0.15, -0.1) is 10.2 Å². The van der Waals surface area contributed by atoms with E-state index in [0.29, 0.717) is 5.69 Å². The van der Waals surface area contributed by atoms with Crippen LogP contribution in [0.1, 0.15) is 10.4 Å². The zero-order chi connectivity index (χ0) is 33.9. The number of aromatic hydroxyl groups is 2. The molecule has 0 aliphatic rings. The van der Waals surface area contributed by atoms with Crippen molar-refractivity contribution >= 4 is 71.6 Å². The van der Waals surface area contributed by atoms with Crippen LogP contribution in [0.25, 0.3) is 10.8 Å². The molecule has 1 aromatic heterocycles. The molecule has 0 bridgehead atoms. The third kappa shape index (κ3) is 6.89. The minimum atomic E-state index is -4.89. The molecule has 0 radical (unpaired) electrons. The van der Waals surface area contributed by atoms with Gasteiger partial charge >= 0.3 is 32.2 Å². The Hall–Kier alpha value is -5.84. The molecule has 9 N–H and O–H groups in total. The van der Waals surface area contributed by atoms with Crippen LogP contribution in [-0.2, 0) is 28.8 Å². The van der Waals surface area contributed by atoms with Crippen LogP contribution in [0, 0.1) is 0 Å². The highest BCUT2D eigenvalue weighted by Gasteiger charge is 2.28. The monoisotopic (exact) mass is 683 g/mol. The number of aromatic carboxylic acids is 1. The van der Waals surface area contributed by atoms with Crippen molar-refractivity contribution in [2.45, 2.75) is 9.79 Å². The number of nitrogens with zero attached hydrogens (tertiary/aromatic N) is 5. The van der Waals surface area contributed by atoms with Crippen molar-refractivity contribution < 1.29 is 45.5 Å². The number of rotatable bonds is 11. The zero-order valence-corrected chi connectivity index (χ0v) is 25.0. The Morgan fingerprint density at radius 3 is 2.09 bits per heavy atom. The summed E-state index contributed by atoms with van der Waals surface area (Å²) in [6.45, 7) is 0. The lowest BCUT2D eigenvalue weighted by atomic mass is 10.1. The number of fused-ring (bicyclic) bond motifs is 1. The van der Waals surface area contributed by atoms with Crippen LogP contribution in [-0.4, -0.2) is 53.1 Å². The Morgan fingerprint density at radius 2 is 1.43 bits per heavy atom. The second-order valence-corrected chi connectivity index (χ2v) is 12.3. The van der Waals surface area contributed by atoms with Gasteiger partial charge in [0.1, 0.15) is 16.3 Å². The molecule has 47 heavy (non-hydrogen) atoms. The van der Waals surface area contributed by atoms with E-state index in [1.165, 1.54) is 24.3 Å². The fourth-order valence-corrected chi connectivity index (χ4v) is 5.58. The number of nitrogens with two attached hydrogens (primary N) is 2. The zero-order valence-electron chi connectivity index (χ0n) is 23.3. The van der Waals surface area contributed by atoms with Crippen LogP contribution in [0.2, 0.25) is 0 Å². The Balaban J connectivity index is 1.75. The van der Waals surface area contributed by atoms with Gasteiger partial charge in [-0.3, -0.25) is 0 Å². The largest absolute Gasteiger partial charge is 0.505 e. The highest BCUT2D eigenvalue weighted by atomic mass is 32.2. The lowest BCUT2D eigenvalue weighted by Gasteiger charge is -2.16. The van der Waals surface area contributed by atoms with Crippen molar-refractivity contribution in [1.82, 2.24) is 15.0 Å². The van der Waals surface area contributed by atoms with Gasteiger partial charge in [-0.05, 0) is 47.9 Å². The van der Waals surface area contributed by atoms with Crippen LogP contribution < -0.4 is 22.4 Å². The molecule has 4 aromatic carbocycles. The summed E-state index contributed by atoms with van der Waals surface area (Å²) >= 11 is 0. The summed E-state index contributed by atoms with van der Waals surface area (Å²) in [6, 6.07) is 15.9. The number of aromatic nitrogens is 3. The number of phenols is 1. The molecule has 0 atom stereocenters. The summed E-state index contributed by atoms with van der Waals surface area (Å²) in [6.07, 6.45) is 0. The van der Waals surface area contributed by atoms with Crippen molar-refractivity contribution in [1.29, 1.82) is 0 Å². The highest BCUT2D eigenvalue weighted by Crippen LogP contribution is 2.46. The van der Waals surface area contributed by atoms with E-state index in [1.807, 2.05) is 0 Å². The lowest BCUT2D eigenvalue weighted by Crippen LogP contribution is -2.13. The summed E-state index contributed by atoms with van der Waals surface area (Å²) in [5.74, 6) is 7.15. The fraction of sp³-hybridized carbons (Fsp3) is 0. The standard InChI is InChI=1S/C26H21N9O10S2/c27-44-46(40,41)15-10-13-11-19(47(42,43)45-28)21(35-34-17-9-5-4-8-16(17)23(37)38)22(36)20(13)18(12-15)30-25-31-24(32-26(39)33-25)29-14-6-2-1-3-7-14/h1-12,36H,27-28H2,(H,37,38)(H3,29,30,31,32,33,39). The first-order chi connectivity index (χ1) is 22.3. The highest BCUT2D eigenvalue weighted by molar-refractivity contribution is 7.87. The number of carboxylic acids is 1. The van der Waals surface area contributed by atoms with E-state index >= 15 is 0 Å². The van der Waals surface area contributed by atoms with Crippen molar-refractivity contribution in [3.8, 4) is 11.8 Å². The van der Waals surface area contributed by atoms with Gasteiger partial charge in [-0.25, -0.2) is 4.79 Å². The van der Waals surface area contributed by atoms with Gasteiger partial charge in [-0.1, -0.05) is 30.3 Å². The molecular formula is C26H21N9O10S2. The molecule has 0 aliphatic heterocycles. The minimum absolute atomic E-state index is 0.145. The van der Waals surface area contributed by atoms with Crippen LogP contribution in [0.3, 0.4) is 0 Å². The molecule has 5 aromatic rings. The summed E-state index contributed by atoms with van der Waals surface area (Å²) in [5, 5.41) is 43.7. The maximum Gasteiger partial charge on any atom is 0.337 e. The van der Waals surface area contributed by atoms with Crippen LogP contribution in [0.5, 0.6) is 11.8 Å². The van der Waals surface area contributed by atoms with E-state index in [-0.39, 0.29) is 39.6 Å². The van der Waals surface area contributed by atoms with E-state index in [9.17, 15) is 36.9 Å². The number of carboxylic acid groups (broad SMARTS) is 1. The number of hydrogen-bond donors (Lipinski definition) is 7. The van der Waals surface area contributed by atoms with Gasteiger partial charge in [-0.2, -0.15) is 52.1 Å². The van der Waals surface area contributed by atoms with Gasteiger partial charge < -0.3 is 26.0 Å². The average molecular weight is 684 g/mol. The number of anilines is 4. The van der Waals surface area contributed by atoms with E-state index in [4.69, 9.17) is 11.8 Å². The van der Waals surface area contributed by atoms with Gasteiger partial charge in [0.15, 0.2) is 5.75 Å². The second-order valence-electron chi connectivity index (χ2n) is 9.16. The van der Waals surface area contributed by atoms with Gasteiger partial charge in [0, 0.05) is 11.1 Å². The third-order valence-corrected chi connectivity index (χ3v) is 8.40. The molecule has 0 unspecified atom stereocenters. The van der Waals surface area contributed by atoms with E-state index in [1.54, 1.807) is 30.3 Å². The molecule has 1 heterocycles. The van der Waals surface area contributed by atoms with Gasteiger partial charge in [0.2, 0.25) is 11.9 Å². The molecule has 0 amide bonds. The molecule has 0 saturated carbocycles. The average Bonchev–Trinajstić information content (AvgIpc) is 3.04. The van der Waals surface area contributed by atoms with Gasteiger partial charge in [0.25, 0.3) is 0 Å². The van der Waals surface area contributed by atoms with E-state index < -0.39 is 53.4 Å². The van der Waals surface area contributed by atoms with E-state index in [2.05, 4.69) is 44.4 Å². The molecule has 0 saturated heterocycles. The normalized spacial score (nSPS) is 12.0. The fourth-order valence-electron chi connectivity index (χ4n) is 4.19. The molecule has 21 heteroatoms. The summed E-state index contributed by atoms with van der Waals surface area (Å²) in [7, 11) is -9.55. The number of para-hydroxylation sites is 1. The Labute approximate surface area is 264 Å². The first-order valence-electron chi connectivity index (χ1n) is 12.7. The number of nitrogens with one attached hydrogen (secondary N) is 2. The maximum atomic E-state index is 12.8. The predicted octanol–water partition coefficient (Wildman–Crippen LogP) is 3.19. The molecule has 0 fully saturated rings. The number of benzene rings is 4. The first-order valence-corrected chi connectivity index (χ1v) is 15.5. The summed E-state index contributed by atoms with van der Waals surface area (Å²) in [5.41, 5.74) is -1.05. The topological polar surface area (TPSA) is 304 Å². The van der Waals surface area contributed by atoms with Gasteiger partial charge in [0.05, 0.1) is 16.1 Å². The molecular weight excluding hydrogens is 662 g/mol. The lowest BCUT2D eigenvalue weighted by molar-refractivity contribution is 0.0697. The minimum Gasteiger partial charge on any atom is -0.505 e. The smallest absolute Gasteiger partial charge is 0.337 e. The van der Waals surface area contributed by atoms with Crippen LogP contribution in [0.15, 0.2) is 92.8 Å². The molecule has 242 valence electrons. The van der Waals surface area contributed by atoms with Crippen molar-refractivity contribution in [2.24, 2.45) is 22.0 Å². The van der Waals surface area contributed by atoms with Crippen molar-refractivity contribution in [2.75, 3.05) is 10.6 Å². The number of hydrogen-bond acceptors (Lipinski definition) is 18. The molecule has 5 rings (SSSR count). The van der Waals surface area contributed by atoms with Crippen LogP contribution in [0.4, 0.5) is 34.6 Å². The second kappa shape index (κ2) is 12.9. The van der Waals surface area contributed by atoms with E-state index in [0.717, 1.165) is 18.2 Å². The number of phenolic OH excluding ortho intramolecular Hbond substituents is 1. The van der Waals surface area contributed by atoms with Crippen molar-refractivity contribution in [3.63, 3.8) is 0 Å². The predicted molar refractivity (Wildman–Crippen MR) is 163 cm³/mol. The Morgan fingerprint density at radius 1 is 0.787 bits per heavy atom. The quantitative estimate of drug-likeness (QED) is 0.0776. The summed E-state index contributed by atoms with van der Waals surface area (Å²) in [4.78, 5) is 21.9. The summed E-state index contributed by atoms with van der Waals surface area (Å²) < 4.78 is 59.2. The Kier molecular flexibility index (Phi) is 8.92. The SMILES string of the molecule is NOS(=O)(=O)c1cc(Nc2nc(O)nc(Nc3ccccc3)n2)c2c(O)c(N=Nc3ccccc3C(=O)O)c(S(=O)(=O)ON)cc2c1. The molecule has 19 nitrogen and oxygen atoms in total. The van der Waals surface area contributed by atoms with Crippen LogP contribution >= 0.6 is 0 Å². The third-order valence-electron chi connectivity index (χ3n) is 6.23. The maximum absolute atomic E-state index is 12.8. The molecule has 0 aliphatic carbocycles. The number of carbonyl (C=O) groups is 1. The first kappa shape index (κ1) is 32.6.